The van der Waals surface area contributed by atoms with Crippen molar-refractivity contribution in [2.24, 2.45) is 7.05 Å². The molecule has 1 N–H and O–H groups in total. The number of hydrogen-bond acceptors (Lipinski definition) is 4. The van der Waals surface area contributed by atoms with Crippen LogP contribution in [0.15, 0.2) is 36.1 Å². The second-order valence-electron chi connectivity index (χ2n) is 5.18. The van der Waals surface area contributed by atoms with Crippen molar-refractivity contribution in [1.29, 1.82) is 0 Å². The third-order valence-corrected chi connectivity index (χ3v) is 4.61. The van der Waals surface area contributed by atoms with Crippen molar-refractivity contribution in [2.75, 3.05) is 6.54 Å². The minimum Gasteiger partial charge on any atom is -0.338 e. The van der Waals surface area contributed by atoms with Gasteiger partial charge >= 0.3 is 0 Å². The SMILES string of the molecule is CCNC(CCc1nccn1C)c1cnc2ccsc2c1. The van der Waals surface area contributed by atoms with Crippen LogP contribution in [0.3, 0.4) is 0 Å². The van der Waals surface area contributed by atoms with Crippen LogP contribution in [0.5, 0.6) is 0 Å². The van der Waals surface area contributed by atoms with E-state index in [0.717, 1.165) is 30.7 Å². The standard InChI is InChI=1S/C16H20N4S/c1-3-17-13(4-5-16-18-7-8-20(16)2)12-10-15-14(19-11-12)6-9-21-15/h6-11,13,17H,3-5H2,1-2H3. The number of rotatable bonds is 6. The van der Waals surface area contributed by atoms with Gasteiger partial charge in [0.25, 0.3) is 0 Å². The molecule has 110 valence electrons. The van der Waals surface area contributed by atoms with Crippen molar-refractivity contribution in [3.8, 4) is 0 Å². The van der Waals surface area contributed by atoms with Gasteiger partial charge in [-0.15, -0.1) is 11.3 Å². The van der Waals surface area contributed by atoms with Gasteiger partial charge in [0, 0.05) is 38.1 Å². The summed E-state index contributed by atoms with van der Waals surface area (Å²) in [4.78, 5) is 8.96. The quantitative estimate of drug-likeness (QED) is 0.759. The fraction of sp³-hybridized carbons (Fsp3) is 0.375. The molecule has 1 atom stereocenters. The van der Waals surface area contributed by atoms with Crippen LogP contribution in [0.25, 0.3) is 10.2 Å². The minimum atomic E-state index is 0.325. The Hall–Kier alpha value is -1.72. The lowest BCUT2D eigenvalue weighted by Gasteiger charge is -2.18. The molecule has 0 spiro atoms. The molecule has 0 aliphatic carbocycles. The number of thiophene rings is 1. The van der Waals surface area contributed by atoms with Gasteiger partial charge in [0.15, 0.2) is 0 Å². The van der Waals surface area contributed by atoms with E-state index in [1.54, 1.807) is 11.3 Å². The molecule has 0 aliphatic rings. The van der Waals surface area contributed by atoms with Crippen molar-refractivity contribution in [3.63, 3.8) is 0 Å². The lowest BCUT2D eigenvalue weighted by atomic mass is 10.0. The Balaban J connectivity index is 1.78. The molecule has 3 aromatic rings. The smallest absolute Gasteiger partial charge is 0.108 e. The summed E-state index contributed by atoms with van der Waals surface area (Å²) < 4.78 is 3.34. The maximum Gasteiger partial charge on any atom is 0.108 e. The molecule has 21 heavy (non-hydrogen) atoms. The zero-order valence-corrected chi connectivity index (χ0v) is 13.2. The van der Waals surface area contributed by atoms with Crippen LogP contribution in [0.2, 0.25) is 0 Å². The summed E-state index contributed by atoms with van der Waals surface area (Å²) in [5.41, 5.74) is 2.35. The normalized spacial score (nSPS) is 12.9. The van der Waals surface area contributed by atoms with Crippen molar-refractivity contribution in [2.45, 2.75) is 25.8 Å². The van der Waals surface area contributed by atoms with Gasteiger partial charge in [-0.05, 0) is 36.0 Å². The van der Waals surface area contributed by atoms with Crippen molar-refractivity contribution < 1.29 is 0 Å². The topological polar surface area (TPSA) is 42.7 Å². The van der Waals surface area contributed by atoms with Crippen LogP contribution in [-0.2, 0) is 13.5 Å². The molecular weight excluding hydrogens is 280 g/mol. The van der Waals surface area contributed by atoms with E-state index >= 15 is 0 Å². The highest BCUT2D eigenvalue weighted by Crippen LogP contribution is 2.25. The minimum absolute atomic E-state index is 0.325. The Morgan fingerprint density at radius 1 is 1.38 bits per heavy atom. The summed E-state index contributed by atoms with van der Waals surface area (Å²) >= 11 is 1.75. The molecule has 1 unspecified atom stereocenters. The highest BCUT2D eigenvalue weighted by atomic mass is 32.1. The molecule has 3 aromatic heterocycles. The molecule has 3 heterocycles. The van der Waals surface area contributed by atoms with Gasteiger partial charge in [0.05, 0.1) is 10.2 Å². The van der Waals surface area contributed by atoms with Crippen LogP contribution in [-0.4, -0.2) is 21.1 Å². The van der Waals surface area contributed by atoms with Crippen molar-refractivity contribution >= 4 is 21.6 Å². The first-order valence-electron chi connectivity index (χ1n) is 7.30. The van der Waals surface area contributed by atoms with Crippen LogP contribution in [0, 0.1) is 0 Å². The Morgan fingerprint density at radius 2 is 2.29 bits per heavy atom. The van der Waals surface area contributed by atoms with E-state index in [0.29, 0.717) is 6.04 Å². The van der Waals surface area contributed by atoms with Crippen LogP contribution < -0.4 is 5.32 Å². The molecule has 3 rings (SSSR count). The van der Waals surface area contributed by atoms with Gasteiger partial charge in [-0.25, -0.2) is 4.98 Å². The average Bonchev–Trinajstić information content (AvgIpc) is 3.11. The second-order valence-corrected chi connectivity index (χ2v) is 6.12. The zero-order chi connectivity index (χ0) is 14.7. The first kappa shape index (κ1) is 14.2. The summed E-state index contributed by atoms with van der Waals surface area (Å²) in [5.74, 6) is 1.13. The lowest BCUT2D eigenvalue weighted by molar-refractivity contribution is 0.505. The Bertz CT molecular complexity index is 716. The van der Waals surface area contributed by atoms with Crippen molar-refractivity contribution in [1.82, 2.24) is 19.9 Å². The summed E-state index contributed by atoms with van der Waals surface area (Å²) in [6, 6.07) is 4.66. The number of fused-ring (bicyclic) bond motifs is 1. The molecule has 0 aromatic carbocycles. The molecule has 0 fully saturated rings. The van der Waals surface area contributed by atoms with Gasteiger partial charge in [0.1, 0.15) is 5.82 Å². The number of aryl methyl sites for hydroxylation is 2. The van der Waals surface area contributed by atoms with Crippen LogP contribution in [0.4, 0.5) is 0 Å². The summed E-state index contributed by atoms with van der Waals surface area (Å²) in [6.07, 6.45) is 7.84. The fourth-order valence-electron chi connectivity index (χ4n) is 2.60. The highest BCUT2D eigenvalue weighted by molar-refractivity contribution is 7.17. The van der Waals surface area contributed by atoms with Gasteiger partial charge in [0.2, 0.25) is 0 Å². The molecule has 5 heteroatoms. The van der Waals surface area contributed by atoms with Gasteiger partial charge in [-0.2, -0.15) is 0 Å². The van der Waals surface area contributed by atoms with Crippen LogP contribution >= 0.6 is 11.3 Å². The highest BCUT2D eigenvalue weighted by Gasteiger charge is 2.13. The van der Waals surface area contributed by atoms with E-state index in [2.05, 4.69) is 44.3 Å². The van der Waals surface area contributed by atoms with E-state index in [1.165, 1.54) is 10.3 Å². The third-order valence-electron chi connectivity index (χ3n) is 3.75. The van der Waals surface area contributed by atoms with E-state index in [4.69, 9.17) is 0 Å². The summed E-state index contributed by atoms with van der Waals surface area (Å²) in [6.45, 7) is 3.10. The first-order chi connectivity index (χ1) is 10.3. The third kappa shape index (κ3) is 3.14. The molecule has 0 aliphatic heterocycles. The zero-order valence-electron chi connectivity index (χ0n) is 12.4. The van der Waals surface area contributed by atoms with Crippen molar-refractivity contribution in [3.05, 3.63) is 47.5 Å². The molecular formula is C16H20N4S. The molecule has 0 bridgehead atoms. The largest absolute Gasteiger partial charge is 0.338 e. The maximum atomic E-state index is 4.56. The van der Waals surface area contributed by atoms with E-state index in [1.807, 2.05) is 25.6 Å². The first-order valence-corrected chi connectivity index (χ1v) is 8.18. The number of imidazole rings is 1. The van der Waals surface area contributed by atoms with E-state index in [9.17, 15) is 0 Å². The molecule has 0 amide bonds. The van der Waals surface area contributed by atoms with Crippen LogP contribution in [0.1, 0.15) is 30.8 Å². The monoisotopic (exact) mass is 300 g/mol. The number of pyridine rings is 1. The van der Waals surface area contributed by atoms with Gasteiger partial charge < -0.3 is 9.88 Å². The maximum absolute atomic E-state index is 4.56. The van der Waals surface area contributed by atoms with Gasteiger partial charge in [-0.1, -0.05) is 6.92 Å². The number of nitrogens with zero attached hydrogens (tertiary/aromatic N) is 3. The second kappa shape index (κ2) is 6.37. The fourth-order valence-corrected chi connectivity index (χ4v) is 3.39. The van der Waals surface area contributed by atoms with E-state index < -0.39 is 0 Å². The molecule has 0 saturated heterocycles. The molecule has 0 saturated carbocycles. The molecule has 4 nitrogen and oxygen atoms in total. The molecule has 0 radical (unpaired) electrons. The Labute approximate surface area is 128 Å². The van der Waals surface area contributed by atoms with Gasteiger partial charge in [-0.3, -0.25) is 4.98 Å². The van der Waals surface area contributed by atoms with E-state index in [-0.39, 0.29) is 0 Å². The predicted molar refractivity (Wildman–Crippen MR) is 87.6 cm³/mol. The predicted octanol–water partition coefficient (Wildman–Crippen LogP) is 3.31. The number of aromatic nitrogens is 3. The summed E-state index contributed by atoms with van der Waals surface area (Å²) in [5, 5.41) is 5.66. The average molecular weight is 300 g/mol. The number of hydrogen-bond donors (Lipinski definition) is 1. The number of nitrogens with one attached hydrogen (secondary N) is 1. The summed E-state index contributed by atoms with van der Waals surface area (Å²) in [7, 11) is 2.05. The lowest BCUT2D eigenvalue weighted by Crippen LogP contribution is -2.22. The Kier molecular flexibility index (Phi) is 4.31. The Morgan fingerprint density at radius 3 is 3.05 bits per heavy atom.